The summed E-state index contributed by atoms with van der Waals surface area (Å²) in [5.41, 5.74) is 7.89. The van der Waals surface area contributed by atoms with Gasteiger partial charge < -0.3 is 5.73 Å². The Morgan fingerprint density at radius 1 is 1.41 bits per heavy atom. The molecule has 2 atom stereocenters. The number of likely N-dealkylation sites (N-methyl/N-ethyl adjacent to an activating group) is 1. The summed E-state index contributed by atoms with van der Waals surface area (Å²) < 4.78 is 0. The normalized spacial score (nSPS) is 27.1. The molecular formula is C14H24N2S. The van der Waals surface area contributed by atoms with Crippen molar-refractivity contribution in [3.05, 3.63) is 21.4 Å². The van der Waals surface area contributed by atoms with Crippen molar-refractivity contribution in [3.63, 3.8) is 0 Å². The monoisotopic (exact) mass is 252 g/mol. The van der Waals surface area contributed by atoms with Gasteiger partial charge in [0.25, 0.3) is 0 Å². The highest BCUT2D eigenvalue weighted by molar-refractivity contribution is 7.12. The van der Waals surface area contributed by atoms with Gasteiger partial charge in [-0.1, -0.05) is 13.3 Å². The third kappa shape index (κ3) is 2.72. The fourth-order valence-corrected chi connectivity index (χ4v) is 3.96. The quantitative estimate of drug-likeness (QED) is 0.875. The van der Waals surface area contributed by atoms with E-state index in [1.165, 1.54) is 34.7 Å². The molecule has 0 amide bonds. The minimum Gasteiger partial charge on any atom is -0.326 e. The SMILES string of the molecule is CCN1CCCCC(N)C1c1cc(C)sc1C. The first-order valence-electron chi connectivity index (χ1n) is 6.70. The molecule has 96 valence electrons. The van der Waals surface area contributed by atoms with E-state index in [0.717, 1.165) is 13.0 Å². The van der Waals surface area contributed by atoms with Crippen molar-refractivity contribution in [2.24, 2.45) is 5.73 Å². The Morgan fingerprint density at radius 2 is 2.18 bits per heavy atom. The van der Waals surface area contributed by atoms with Crippen LogP contribution < -0.4 is 5.73 Å². The molecule has 1 aliphatic heterocycles. The summed E-state index contributed by atoms with van der Waals surface area (Å²) >= 11 is 1.90. The van der Waals surface area contributed by atoms with E-state index in [1.807, 2.05) is 11.3 Å². The summed E-state index contributed by atoms with van der Waals surface area (Å²) in [6.45, 7) is 8.98. The van der Waals surface area contributed by atoms with Gasteiger partial charge in [-0.2, -0.15) is 0 Å². The Balaban J connectivity index is 2.33. The van der Waals surface area contributed by atoms with Crippen LogP contribution in [0.4, 0.5) is 0 Å². The second kappa shape index (κ2) is 5.51. The second-order valence-corrected chi connectivity index (χ2v) is 6.56. The van der Waals surface area contributed by atoms with Crippen LogP contribution in [0.3, 0.4) is 0 Å². The highest BCUT2D eigenvalue weighted by Crippen LogP contribution is 2.34. The molecule has 2 rings (SSSR count). The maximum absolute atomic E-state index is 6.42. The van der Waals surface area contributed by atoms with Gasteiger partial charge in [0.05, 0.1) is 6.04 Å². The van der Waals surface area contributed by atoms with E-state index in [4.69, 9.17) is 5.73 Å². The topological polar surface area (TPSA) is 29.3 Å². The van der Waals surface area contributed by atoms with E-state index in [9.17, 15) is 0 Å². The number of hydrogen-bond donors (Lipinski definition) is 1. The summed E-state index contributed by atoms with van der Waals surface area (Å²) in [6.07, 6.45) is 3.73. The van der Waals surface area contributed by atoms with Crippen molar-refractivity contribution in [2.45, 2.75) is 52.1 Å². The van der Waals surface area contributed by atoms with Crippen LogP contribution in [0.15, 0.2) is 6.07 Å². The third-order valence-corrected chi connectivity index (χ3v) is 4.82. The first-order valence-corrected chi connectivity index (χ1v) is 7.51. The van der Waals surface area contributed by atoms with Crippen molar-refractivity contribution in [1.29, 1.82) is 0 Å². The van der Waals surface area contributed by atoms with Crippen molar-refractivity contribution in [1.82, 2.24) is 4.90 Å². The Bertz CT molecular complexity index is 372. The van der Waals surface area contributed by atoms with Crippen LogP contribution in [0, 0.1) is 13.8 Å². The number of likely N-dealkylation sites (tertiary alicyclic amines) is 1. The number of hydrogen-bond acceptors (Lipinski definition) is 3. The molecule has 3 heteroatoms. The lowest BCUT2D eigenvalue weighted by molar-refractivity contribution is 0.195. The molecule has 1 aromatic rings. The zero-order chi connectivity index (χ0) is 12.4. The number of rotatable bonds is 2. The molecule has 2 nitrogen and oxygen atoms in total. The predicted molar refractivity (Wildman–Crippen MR) is 75.6 cm³/mol. The van der Waals surface area contributed by atoms with Crippen LogP contribution in [0.1, 0.15) is 47.5 Å². The Labute approximate surface area is 109 Å². The van der Waals surface area contributed by atoms with Crippen molar-refractivity contribution in [2.75, 3.05) is 13.1 Å². The van der Waals surface area contributed by atoms with Gasteiger partial charge in [0, 0.05) is 15.8 Å². The molecule has 2 unspecified atom stereocenters. The zero-order valence-electron chi connectivity index (χ0n) is 11.2. The highest BCUT2D eigenvalue weighted by atomic mass is 32.1. The Morgan fingerprint density at radius 3 is 2.76 bits per heavy atom. The summed E-state index contributed by atoms with van der Waals surface area (Å²) in [5, 5.41) is 0. The molecule has 0 aliphatic carbocycles. The molecule has 0 aromatic carbocycles. The van der Waals surface area contributed by atoms with E-state index in [0.29, 0.717) is 12.1 Å². The number of thiophene rings is 1. The van der Waals surface area contributed by atoms with Gasteiger partial charge in [0.2, 0.25) is 0 Å². The van der Waals surface area contributed by atoms with E-state index in [2.05, 4.69) is 31.7 Å². The maximum atomic E-state index is 6.42. The van der Waals surface area contributed by atoms with Crippen LogP contribution in [0.2, 0.25) is 0 Å². The van der Waals surface area contributed by atoms with Gasteiger partial charge in [-0.25, -0.2) is 0 Å². The number of nitrogens with zero attached hydrogens (tertiary/aromatic N) is 1. The van der Waals surface area contributed by atoms with Crippen LogP contribution in [0.25, 0.3) is 0 Å². The molecule has 0 spiro atoms. The highest BCUT2D eigenvalue weighted by Gasteiger charge is 2.29. The molecule has 0 bridgehead atoms. The molecule has 0 radical (unpaired) electrons. The molecular weight excluding hydrogens is 228 g/mol. The van der Waals surface area contributed by atoms with Crippen molar-refractivity contribution < 1.29 is 0 Å². The second-order valence-electron chi connectivity index (χ2n) is 5.10. The van der Waals surface area contributed by atoms with Gasteiger partial charge in [-0.3, -0.25) is 4.90 Å². The van der Waals surface area contributed by atoms with Crippen LogP contribution in [-0.4, -0.2) is 24.0 Å². The Hall–Kier alpha value is -0.380. The minimum atomic E-state index is 0.296. The van der Waals surface area contributed by atoms with E-state index in [1.54, 1.807) is 0 Å². The molecule has 1 aliphatic rings. The molecule has 2 N–H and O–H groups in total. The standard InChI is InChI=1S/C14H24N2S/c1-4-16-8-6-5-7-13(15)14(16)12-9-10(2)17-11(12)3/h9,13-14H,4-8,15H2,1-3H3. The maximum Gasteiger partial charge on any atom is 0.0510 e. The fraction of sp³-hybridized carbons (Fsp3) is 0.714. The Kier molecular flexibility index (Phi) is 4.23. The van der Waals surface area contributed by atoms with Gasteiger partial charge in [0.1, 0.15) is 0 Å². The van der Waals surface area contributed by atoms with Crippen molar-refractivity contribution in [3.8, 4) is 0 Å². The van der Waals surface area contributed by atoms with E-state index < -0.39 is 0 Å². The van der Waals surface area contributed by atoms with Crippen molar-refractivity contribution >= 4 is 11.3 Å². The van der Waals surface area contributed by atoms with Gasteiger partial charge >= 0.3 is 0 Å². The number of aryl methyl sites for hydroxylation is 2. The molecule has 1 fully saturated rings. The smallest absolute Gasteiger partial charge is 0.0510 e. The average molecular weight is 252 g/mol. The lowest BCUT2D eigenvalue weighted by atomic mass is 9.96. The molecule has 17 heavy (non-hydrogen) atoms. The fourth-order valence-electron chi connectivity index (χ4n) is 2.99. The summed E-state index contributed by atoms with van der Waals surface area (Å²) in [7, 11) is 0. The minimum absolute atomic E-state index is 0.296. The van der Waals surface area contributed by atoms with Gasteiger partial charge in [0.15, 0.2) is 0 Å². The first-order chi connectivity index (χ1) is 8.13. The molecule has 0 saturated carbocycles. The summed E-state index contributed by atoms with van der Waals surface area (Å²) in [4.78, 5) is 5.42. The lowest BCUT2D eigenvalue weighted by Gasteiger charge is -2.32. The van der Waals surface area contributed by atoms with Gasteiger partial charge in [-0.05, 0) is 51.4 Å². The molecule has 1 saturated heterocycles. The third-order valence-electron chi connectivity index (χ3n) is 3.84. The molecule has 2 heterocycles. The number of nitrogens with two attached hydrogens (primary N) is 1. The lowest BCUT2D eigenvalue weighted by Crippen LogP contribution is -2.39. The van der Waals surface area contributed by atoms with Crippen LogP contribution >= 0.6 is 11.3 Å². The van der Waals surface area contributed by atoms with Gasteiger partial charge in [-0.15, -0.1) is 11.3 Å². The summed E-state index contributed by atoms with van der Waals surface area (Å²) in [6, 6.07) is 3.08. The largest absolute Gasteiger partial charge is 0.326 e. The van der Waals surface area contributed by atoms with Crippen LogP contribution in [-0.2, 0) is 0 Å². The first kappa shape index (κ1) is 13.1. The average Bonchev–Trinajstić information content (AvgIpc) is 2.50. The van der Waals surface area contributed by atoms with E-state index >= 15 is 0 Å². The van der Waals surface area contributed by atoms with E-state index in [-0.39, 0.29) is 0 Å². The summed E-state index contributed by atoms with van der Waals surface area (Å²) in [5.74, 6) is 0. The molecule has 1 aromatic heterocycles. The van der Waals surface area contributed by atoms with Crippen LogP contribution in [0.5, 0.6) is 0 Å². The predicted octanol–water partition coefficient (Wildman–Crippen LogP) is 3.24. The zero-order valence-corrected chi connectivity index (χ0v) is 12.0.